The van der Waals surface area contributed by atoms with Crippen molar-refractivity contribution >= 4 is 23.5 Å². The predicted octanol–water partition coefficient (Wildman–Crippen LogP) is 3.38. The molecule has 2 aromatic rings. The molecule has 0 spiro atoms. The molecule has 2 rings (SSSR count). The summed E-state index contributed by atoms with van der Waals surface area (Å²) in [6.45, 7) is 3.21. The van der Waals surface area contributed by atoms with Crippen LogP contribution >= 0.6 is 11.6 Å². The van der Waals surface area contributed by atoms with Gasteiger partial charge in [0.05, 0.1) is 0 Å². The van der Waals surface area contributed by atoms with Crippen molar-refractivity contribution in [3.8, 4) is 5.75 Å². The van der Waals surface area contributed by atoms with Crippen molar-refractivity contribution in [1.29, 1.82) is 0 Å². The second-order valence-electron chi connectivity index (χ2n) is 7.07. The van der Waals surface area contributed by atoms with Gasteiger partial charge in [0.15, 0.2) is 0 Å². The fourth-order valence-corrected chi connectivity index (χ4v) is 3.17. The van der Waals surface area contributed by atoms with Crippen molar-refractivity contribution in [3.63, 3.8) is 0 Å². The molecule has 8 heteroatoms. The Hall–Kier alpha value is -2.61. The fraction of sp³-hybridized carbons (Fsp3) is 0.391. The normalized spacial score (nSPS) is 12.7. The number of aliphatic hydroxyl groups excluding tert-OH is 1. The zero-order valence-electron chi connectivity index (χ0n) is 17.4. The quantitative estimate of drug-likeness (QED) is 0.259. The Morgan fingerprint density at radius 1 is 1.16 bits per heavy atom. The van der Waals surface area contributed by atoms with Gasteiger partial charge in [0.2, 0.25) is 0 Å². The highest BCUT2D eigenvalue weighted by atomic mass is 35.5. The van der Waals surface area contributed by atoms with Gasteiger partial charge in [0.1, 0.15) is 24.6 Å². The van der Waals surface area contributed by atoms with E-state index in [9.17, 15) is 14.7 Å². The van der Waals surface area contributed by atoms with Gasteiger partial charge < -0.3 is 25.0 Å². The van der Waals surface area contributed by atoms with Gasteiger partial charge in [-0.15, -0.1) is 0 Å². The number of carbonyl (C=O) groups excluding carboxylic acids is 1. The highest BCUT2D eigenvalue weighted by molar-refractivity contribution is 6.30. The van der Waals surface area contributed by atoms with Crippen LogP contribution in [0.4, 0.5) is 0 Å². The Morgan fingerprint density at radius 3 is 2.58 bits per heavy atom. The number of nitrogens with one attached hydrogen (secondary N) is 1. The SMILES string of the molecule is CCCNCC(O)COc1ccc(Cl)cc1C(CCc1ccccc1)OC(=O)C(=O)O. The standard InChI is InChI=1S/C23H28ClNO6/c1-2-12-25-14-18(26)15-30-20-11-9-17(24)13-19(20)21(31-23(29)22(27)28)10-8-16-6-4-3-5-7-16/h3-7,9,11,13,18,21,25-26H,2,8,10,12,14-15H2,1H3,(H,27,28). The summed E-state index contributed by atoms with van der Waals surface area (Å²) in [6, 6.07) is 14.4. The number of hydrogen-bond donors (Lipinski definition) is 3. The number of carbonyl (C=O) groups is 2. The number of benzene rings is 2. The number of aliphatic hydroxyl groups is 1. The van der Waals surface area contributed by atoms with Crippen molar-refractivity contribution in [1.82, 2.24) is 5.32 Å². The summed E-state index contributed by atoms with van der Waals surface area (Å²) in [5, 5.41) is 22.6. The lowest BCUT2D eigenvalue weighted by Gasteiger charge is -2.22. The van der Waals surface area contributed by atoms with Crippen molar-refractivity contribution in [3.05, 3.63) is 64.7 Å². The van der Waals surface area contributed by atoms with Gasteiger partial charge >= 0.3 is 11.9 Å². The first-order chi connectivity index (χ1) is 14.9. The third-order valence-electron chi connectivity index (χ3n) is 4.52. The van der Waals surface area contributed by atoms with Crippen molar-refractivity contribution in [2.45, 2.75) is 38.4 Å². The number of carboxylic acids is 1. The van der Waals surface area contributed by atoms with Crippen molar-refractivity contribution in [2.24, 2.45) is 0 Å². The maximum atomic E-state index is 11.8. The second-order valence-corrected chi connectivity index (χ2v) is 7.51. The van der Waals surface area contributed by atoms with Crippen LogP contribution in [-0.2, 0) is 20.7 Å². The van der Waals surface area contributed by atoms with Gasteiger partial charge in [-0.1, -0.05) is 48.9 Å². The molecule has 0 fully saturated rings. The molecule has 0 radical (unpaired) electrons. The van der Waals surface area contributed by atoms with Crippen molar-refractivity contribution < 1.29 is 29.3 Å². The Bertz CT molecular complexity index is 845. The first kappa shape index (κ1) is 24.7. The first-order valence-corrected chi connectivity index (χ1v) is 10.6. The molecule has 7 nitrogen and oxygen atoms in total. The maximum Gasteiger partial charge on any atom is 0.417 e. The molecule has 0 heterocycles. The minimum Gasteiger partial charge on any atom is -0.490 e. The number of ether oxygens (including phenoxy) is 2. The molecule has 0 amide bonds. The van der Waals surface area contributed by atoms with E-state index >= 15 is 0 Å². The highest BCUT2D eigenvalue weighted by Crippen LogP contribution is 2.34. The third-order valence-corrected chi connectivity index (χ3v) is 4.75. The van der Waals surface area contributed by atoms with Crippen LogP contribution in [0.25, 0.3) is 0 Å². The van der Waals surface area contributed by atoms with Gasteiger partial charge in [-0.3, -0.25) is 0 Å². The van der Waals surface area contributed by atoms with Gasteiger partial charge in [0, 0.05) is 17.1 Å². The molecule has 31 heavy (non-hydrogen) atoms. The number of hydrogen-bond acceptors (Lipinski definition) is 6. The molecule has 168 valence electrons. The van der Waals surface area contributed by atoms with E-state index in [-0.39, 0.29) is 6.61 Å². The van der Waals surface area contributed by atoms with Gasteiger partial charge in [-0.25, -0.2) is 9.59 Å². The summed E-state index contributed by atoms with van der Waals surface area (Å²) >= 11 is 6.15. The molecule has 0 saturated carbocycles. The van der Waals surface area contributed by atoms with E-state index in [0.29, 0.717) is 35.7 Å². The summed E-state index contributed by atoms with van der Waals surface area (Å²) in [7, 11) is 0. The van der Waals surface area contributed by atoms with E-state index < -0.39 is 24.1 Å². The van der Waals surface area contributed by atoms with E-state index in [1.54, 1.807) is 18.2 Å². The van der Waals surface area contributed by atoms with E-state index in [1.807, 2.05) is 37.3 Å². The Balaban J connectivity index is 2.18. The Kier molecular flexibility index (Phi) is 10.3. The molecule has 0 saturated heterocycles. The molecule has 2 aromatic carbocycles. The van der Waals surface area contributed by atoms with Gasteiger partial charge in [-0.2, -0.15) is 0 Å². The Morgan fingerprint density at radius 2 is 1.90 bits per heavy atom. The minimum absolute atomic E-state index is 0.0175. The van der Waals surface area contributed by atoms with Crippen LogP contribution in [0.15, 0.2) is 48.5 Å². The van der Waals surface area contributed by atoms with E-state index in [2.05, 4.69) is 5.32 Å². The Labute approximate surface area is 186 Å². The average Bonchev–Trinajstić information content (AvgIpc) is 2.76. The lowest BCUT2D eigenvalue weighted by Crippen LogP contribution is -2.32. The van der Waals surface area contributed by atoms with E-state index in [0.717, 1.165) is 18.5 Å². The van der Waals surface area contributed by atoms with Crippen LogP contribution in [0.2, 0.25) is 5.02 Å². The van der Waals surface area contributed by atoms with E-state index in [4.69, 9.17) is 26.2 Å². The lowest BCUT2D eigenvalue weighted by molar-refractivity contribution is -0.168. The van der Waals surface area contributed by atoms with Crippen molar-refractivity contribution in [2.75, 3.05) is 19.7 Å². The minimum atomic E-state index is -1.67. The maximum absolute atomic E-state index is 11.8. The summed E-state index contributed by atoms with van der Waals surface area (Å²) in [5.74, 6) is -2.66. The van der Waals surface area contributed by atoms with Gasteiger partial charge in [-0.05, 0) is 49.6 Å². The zero-order valence-corrected chi connectivity index (χ0v) is 18.2. The van der Waals surface area contributed by atoms with E-state index in [1.165, 1.54) is 0 Å². The smallest absolute Gasteiger partial charge is 0.417 e. The largest absolute Gasteiger partial charge is 0.490 e. The van der Waals surface area contributed by atoms with Crippen LogP contribution in [0.5, 0.6) is 5.75 Å². The number of halogens is 1. The number of aliphatic carboxylic acids is 1. The van der Waals surface area contributed by atoms with Crippen LogP contribution in [0.3, 0.4) is 0 Å². The second kappa shape index (κ2) is 12.9. The number of esters is 1. The summed E-state index contributed by atoms with van der Waals surface area (Å²) < 4.78 is 11.0. The monoisotopic (exact) mass is 449 g/mol. The molecule has 0 aliphatic heterocycles. The van der Waals surface area contributed by atoms with Crippen LogP contribution in [0.1, 0.15) is 37.0 Å². The molecule has 2 unspecified atom stereocenters. The third kappa shape index (κ3) is 8.57. The van der Waals surface area contributed by atoms with Gasteiger partial charge in [0.25, 0.3) is 0 Å². The molecule has 3 N–H and O–H groups in total. The summed E-state index contributed by atoms with van der Waals surface area (Å²) in [6.07, 6.45) is 0.216. The lowest BCUT2D eigenvalue weighted by atomic mass is 10.00. The van der Waals surface area contributed by atoms with Crippen LogP contribution in [-0.4, -0.2) is 48.0 Å². The molecule has 0 bridgehead atoms. The number of carboxylic acid groups (broad SMARTS) is 1. The number of rotatable bonds is 12. The van der Waals surface area contributed by atoms with Crippen LogP contribution in [0, 0.1) is 0 Å². The highest BCUT2D eigenvalue weighted by Gasteiger charge is 2.25. The molecular formula is C23H28ClNO6. The molecular weight excluding hydrogens is 422 g/mol. The zero-order chi connectivity index (χ0) is 22.6. The topological polar surface area (TPSA) is 105 Å². The summed E-state index contributed by atoms with van der Waals surface area (Å²) in [4.78, 5) is 22.9. The number of aryl methyl sites for hydroxylation is 1. The molecule has 0 aliphatic rings. The molecule has 0 aliphatic carbocycles. The van der Waals surface area contributed by atoms with Crippen LogP contribution < -0.4 is 10.1 Å². The average molecular weight is 450 g/mol. The predicted molar refractivity (Wildman–Crippen MR) is 117 cm³/mol. The fourth-order valence-electron chi connectivity index (χ4n) is 2.99. The summed E-state index contributed by atoms with van der Waals surface area (Å²) in [5.41, 5.74) is 1.47. The molecule has 0 aromatic heterocycles. The first-order valence-electron chi connectivity index (χ1n) is 10.2. The molecule has 2 atom stereocenters.